The van der Waals surface area contributed by atoms with E-state index in [-0.39, 0.29) is 16.6 Å². The lowest BCUT2D eigenvalue weighted by Gasteiger charge is -2.11. The normalized spacial score (nSPS) is 12.7. The molecule has 1 heterocycles. The Morgan fingerprint density at radius 3 is 1.93 bits per heavy atom. The number of halogens is 6. The van der Waals surface area contributed by atoms with Crippen molar-refractivity contribution in [1.29, 1.82) is 0 Å². The Balaban J connectivity index is 1.86. The Labute approximate surface area is 148 Å². The molecular formula is C17H10F6N4. The molecule has 10 heteroatoms. The summed E-state index contributed by atoms with van der Waals surface area (Å²) >= 11 is 0. The molecule has 4 nitrogen and oxygen atoms in total. The quantitative estimate of drug-likeness (QED) is 0.388. The van der Waals surface area contributed by atoms with E-state index in [1.165, 1.54) is 18.2 Å². The van der Waals surface area contributed by atoms with E-state index in [0.29, 0.717) is 0 Å². The molecule has 140 valence electrons. The van der Waals surface area contributed by atoms with Gasteiger partial charge in [0, 0.05) is 0 Å². The van der Waals surface area contributed by atoms with Crippen LogP contribution < -0.4 is 5.43 Å². The van der Waals surface area contributed by atoms with Crippen LogP contribution in [0.15, 0.2) is 53.6 Å². The molecule has 3 rings (SSSR count). The number of aromatic nitrogens is 2. The number of nitrogens with zero attached hydrogens (tertiary/aromatic N) is 3. The number of rotatable bonds is 3. The zero-order valence-corrected chi connectivity index (χ0v) is 13.3. The number of hydrogen-bond donors (Lipinski definition) is 1. The Morgan fingerprint density at radius 1 is 0.778 bits per heavy atom. The molecule has 0 bridgehead atoms. The predicted octanol–water partition coefficient (Wildman–Crippen LogP) is 5.11. The maximum Gasteiger partial charge on any atom is 0.437 e. The molecule has 1 aromatic heterocycles. The van der Waals surface area contributed by atoms with Crippen LogP contribution in [0, 0.1) is 0 Å². The summed E-state index contributed by atoms with van der Waals surface area (Å²) in [7, 11) is 0. The van der Waals surface area contributed by atoms with Gasteiger partial charge < -0.3 is 0 Å². The first-order valence-corrected chi connectivity index (χ1v) is 7.45. The van der Waals surface area contributed by atoms with E-state index in [9.17, 15) is 26.3 Å². The van der Waals surface area contributed by atoms with Crippen molar-refractivity contribution in [2.24, 2.45) is 5.10 Å². The fraction of sp³-hybridized carbons (Fsp3) is 0.118. The number of anilines is 1. The second-order valence-corrected chi connectivity index (χ2v) is 5.40. The number of para-hydroxylation sites is 2. The van der Waals surface area contributed by atoms with Crippen molar-refractivity contribution in [3.63, 3.8) is 0 Å². The van der Waals surface area contributed by atoms with Crippen LogP contribution in [0.3, 0.4) is 0 Å². The summed E-state index contributed by atoms with van der Waals surface area (Å²) in [5.74, 6) is -0.607. The van der Waals surface area contributed by atoms with E-state index in [2.05, 4.69) is 20.5 Å². The average Bonchev–Trinajstić information content (AvgIpc) is 2.60. The highest BCUT2D eigenvalue weighted by Crippen LogP contribution is 2.33. The third kappa shape index (κ3) is 4.33. The van der Waals surface area contributed by atoms with Crippen LogP contribution in [0.25, 0.3) is 11.0 Å². The molecule has 0 saturated carbocycles. The second-order valence-electron chi connectivity index (χ2n) is 5.40. The van der Waals surface area contributed by atoms with Crippen molar-refractivity contribution in [3.8, 4) is 0 Å². The monoisotopic (exact) mass is 384 g/mol. The van der Waals surface area contributed by atoms with Crippen LogP contribution in [0.2, 0.25) is 0 Å². The number of nitrogens with one attached hydrogen (secondary N) is 1. The average molecular weight is 384 g/mol. The van der Waals surface area contributed by atoms with Crippen molar-refractivity contribution >= 4 is 23.1 Å². The minimum Gasteiger partial charge on any atom is -0.260 e. The first-order chi connectivity index (χ1) is 12.6. The van der Waals surface area contributed by atoms with Crippen LogP contribution in [0.1, 0.15) is 16.8 Å². The van der Waals surface area contributed by atoms with Crippen LogP contribution in [0.5, 0.6) is 0 Å². The van der Waals surface area contributed by atoms with Gasteiger partial charge in [0.05, 0.1) is 22.8 Å². The van der Waals surface area contributed by atoms with E-state index in [1.54, 1.807) is 6.07 Å². The second kappa shape index (κ2) is 6.86. The topological polar surface area (TPSA) is 50.2 Å². The molecule has 0 fully saturated rings. The minimum absolute atomic E-state index is 0.0714. The standard InChI is InChI=1S/C17H10F6N4/c18-16(19,20)11-7-5-10(6-8-11)9-24-27-15-14(17(21,22)23)25-12-3-1-2-4-13(12)26-15/h1-9H,(H,26,27)/b24-9+. The molecule has 0 atom stereocenters. The van der Waals surface area contributed by atoms with E-state index in [0.717, 1.165) is 30.5 Å². The van der Waals surface area contributed by atoms with E-state index in [1.807, 2.05) is 0 Å². The predicted molar refractivity (Wildman–Crippen MR) is 87.2 cm³/mol. The SMILES string of the molecule is FC(F)(F)c1ccc(/C=N/Nc2nc3ccccc3nc2C(F)(F)F)cc1. The molecule has 27 heavy (non-hydrogen) atoms. The van der Waals surface area contributed by atoms with Gasteiger partial charge in [0.25, 0.3) is 0 Å². The molecule has 0 aliphatic rings. The van der Waals surface area contributed by atoms with Gasteiger partial charge in [0.1, 0.15) is 0 Å². The number of fused-ring (bicyclic) bond motifs is 1. The zero-order valence-electron chi connectivity index (χ0n) is 13.3. The lowest BCUT2D eigenvalue weighted by Crippen LogP contribution is -2.13. The Bertz CT molecular complexity index is 977. The third-order valence-corrected chi connectivity index (χ3v) is 3.46. The molecule has 0 radical (unpaired) electrons. The van der Waals surface area contributed by atoms with Gasteiger partial charge in [-0.3, -0.25) is 5.43 Å². The molecule has 0 saturated heterocycles. The summed E-state index contributed by atoms with van der Waals surface area (Å²) in [4.78, 5) is 7.42. The van der Waals surface area contributed by atoms with Gasteiger partial charge in [-0.25, -0.2) is 9.97 Å². The smallest absolute Gasteiger partial charge is 0.260 e. The van der Waals surface area contributed by atoms with Crippen LogP contribution >= 0.6 is 0 Å². The van der Waals surface area contributed by atoms with E-state index < -0.39 is 29.4 Å². The van der Waals surface area contributed by atoms with Crippen molar-refractivity contribution in [3.05, 3.63) is 65.4 Å². The summed E-state index contributed by atoms with van der Waals surface area (Å²) in [6.45, 7) is 0. The van der Waals surface area contributed by atoms with E-state index in [4.69, 9.17) is 0 Å². The van der Waals surface area contributed by atoms with Gasteiger partial charge in [0.15, 0.2) is 11.5 Å². The fourth-order valence-corrected chi connectivity index (χ4v) is 2.20. The number of hydrogen-bond acceptors (Lipinski definition) is 4. The van der Waals surface area contributed by atoms with Crippen molar-refractivity contribution in [2.75, 3.05) is 5.43 Å². The fourth-order valence-electron chi connectivity index (χ4n) is 2.20. The Hall–Kier alpha value is -3.17. The Kier molecular flexibility index (Phi) is 4.73. The molecule has 0 aliphatic carbocycles. The molecule has 0 amide bonds. The first-order valence-electron chi connectivity index (χ1n) is 7.45. The maximum atomic E-state index is 13.2. The number of hydrazone groups is 1. The van der Waals surface area contributed by atoms with Gasteiger partial charge in [-0.15, -0.1) is 0 Å². The molecular weight excluding hydrogens is 374 g/mol. The molecule has 3 aromatic rings. The Morgan fingerprint density at radius 2 is 1.37 bits per heavy atom. The summed E-state index contributed by atoms with van der Waals surface area (Å²) in [5.41, 5.74) is 0.641. The van der Waals surface area contributed by atoms with Gasteiger partial charge in [0.2, 0.25) is 0 Å². The van der Waals surface area contributed by atoms with Gasteiger partial charge >= 0.3 is 12.4 Å². The largest absolute Gasteiger partial charge is 0.437 e. The first kappa shape index (κ1) is 18.6. The lowest BCUT2D eigenvalue weighted by atomic mass is 10.1. The summed E-state index contributed by atoms with van der Waals surface area (Å²) < 4.78 is 77.1. The van der Waals surface area contributed by atoms with Crippen molar-refractivity contribution in [2.45, 2.75) is 12.4 Å². The highest BCUT2D eigenvalue weighted by atomic mass is 19.4. The number of alkyl halides is 6. The molecule has 1 N–H and O–H groups in total. The van der Waals surface area contributed by atoms with Gasteiger partial charge in [-0.1, -0.05) is 24.3 Å². The van der Waals surface area contributed by atoms with E-state index >= 15 is 0 Å². The van der Waals surface area contributed by atoms with Crippen molar-refractivity contribution < 1.29 is 26.3 Å². The zero-order chi connectivity index (χ0) is 19.7. The minimum atomic E-state index is -4.76. The van der Waals surface area contributed by atoms with Gasteiger partial charge in [-0.2, -0.15) is 31.4 Å². The lowest BCUT2D eigenvalue weighted by molar-refractivity contribution is -0.140. The highest BCUT2D eigenvalue weighted by Gasteiger charge is 2.37. The summed E-state index contributed by atoms with van der Waals surface area (Å²) in [5, 5.41) is 3.63. The summed E-state index contributed by atoms with van der Waals surface area (Å²) in [6.07, 6.45) is -8.16. The van der Waals surface area contributed by atoms with Crippen LogP contribution in [0.4, 0.5) is 32.2 Å². The molecule has 0 unspecified atom stereocenters. The molecule has 0 spiro atoms. The van der Waals surface area contributed by atoms with Crippen LogP contribution in [-0.4, -0.2) is 16.2 Å². The summed E-state index contributed by atoms with van der Waals surface area (Å²) in [6, 6.07) is 10.00. The van der Waals surface area contributed by atoms with Gasteiger partial charge in [-0.05, 0) is 29.8 Å². The van der Waals surface area contributed by atoms with Crippen molar-refractivity contribution in [1.82, 2.24) is 9.97 Å². The van der Waals surface area contributed by atoms with Crippen LogP contribution in [-0.2, 0) is 12.4 Å². The molecule has 0 aliphatic heterocycles. The maximum absolute atomic E-state index is 13.2. The number of benzene rings is 2. The highest BCUT2D eigenvalue weighted by molar-refractivity contribution is 5.81. The molecule has 2 aromatic carbocycles. The third-order valence-electron chi connectivity index (χ3n) is 3.46.